The van der Waals surface area contributed by atoms with Crippen LogP contribution < -0.4 is 5.32 Å². The molecule has 0 aromatic carbocycles. The monoisotopic (exact) mass is 312 g/mol. The third-order valence-electron chi connectivity index (χ3n) is 2.24. The van der Waals surface area contributed by atoms with Gasteiger partial charge in [-0.25, -0.2) is 0 Å². The fraction of sp³-hybridized carbons (Fsp3) is 0.364. The second-order valence-electron chi connectivity index (χ2n) is 3.60. The molecule has 90 valence electrons. The highest BCUT2D eigenvalue weighted by Gasteiger charge is 2.07. The molecule has 0 amide bonds. The molecule has 0 aliphatic heterocycles. The molecule has 0 aliphatic rings. The van der Waals surface area contributed by atoms with Gasteiger partial charge in [-0.05, 0) is 42.0 Å². The molecule has 0 bridgehead atoms. The van der Waals surface area contributed by atoms with E-state index in [1.165, 1.54) is 0 Å². The predicted octanol–water partition coefficient (Wildman–Crippen LogP) is 2.51. The van der Waals surface area contributed by atoms with Crippen LogP contribution in [-0.2, 0) is 6.42 Å². The summed E-state index contributed by atoms with van der Waals surface area (Å²) in [6, 6.07) is 2.00. The van der Waals surface area contributed by atoms with E-state index >= 15 is 0 Å². The van der Waals surface area contributed by atoms with Crippen LogP contribution in [0.15, 0.2) is 22.9 Å². The van der Waals surface area contributed by atoms with Crippen molar-refractivity contribution < 1.29 is 0 Å². The van der Waals surface area contributed by atoms with Gasteiger partial charge in [-0.15, -0.1) is 10.2 Å². The van der Waals surface area contributed by atoms with Crippen LogP contribution >= 0.6 is 27.3 Å². The smallest absolute Gasteiger partial charge is 0.149 e. The number of nitrogens with one attached hydrogen (secondary N) is 1. The van der Waals surface area contributed by atoms with Crippen molar-refractivity contribution >= 4 is 27.3 Å². The number of aryl methyl sites for hydroxylation is 1. The molecule has 0 radical (unpaired) electrons. The SMILES string of the molecule is CNCCCc1nnc(-c2cncc(Br)c2)s1. The first-order valence-electron chi connectivity index (χ1n) is 5.37. The van der Waals surface area contributed by atoms with Crippen LogP contribution in [0.4, 0.5) is 0 Å². The predicted molar refractivity (Wildman–Crippen MR) is 73.1 cm³/mol. The third kappa shape index (κ3) is 3.55. The summed E-state index contributed by atoms with van der Waals surface area (Å²) in [7, 11) is 1.96. The van der Waals surface area contributed by atoms with Crippen molar-refractivity contribution in [2.75, 3.05) is 13.6 Å². The zero-order chi connectivity index (χ0) is 12.1. The molecule has 1 N–H and O–H groups in total. The highest BCUT2D eigenvalue weighted by Crippen LogP contribution is 2.25. The van der Waals surface area contributed by atoms with Crippen LogP contribution in [0.1, 0.15) is 11.4 Å². The molecule has 2 aromatic heterocycles. The molecule has 0 saturated carbocycles. The van der Waals surface area contributed by atoms with Gasteiger partial charge in [0.05, 0.1) is 0 Å². The zero-order valence-corrected chi connectivity index (χ0v) is 11.9. The average Bonchev–Trinajstić information content (AvgIpc) is 2.78. The summed E-state index contributed by atoms with van der Waals surface area (Å²) in [6.07, 6.45) is 5.63. The van der Waals surface area contributed by atoms with Gasteiger partial charge in [0.2, 0.25) is 0 Å². The Morgan fingerprint density at radius 2 is 2.24 bits per heavy atom. The van der Waals surface area contributed by atoms with E-state index in [4.69, 9.17) is 0 Å². The van der Waals surface area contributed by atoms with Crippen LogP contribution in [0.3, 0.4) is 0 Å². The quantitative estimate of drug-likeness (QED) is 0.862. The Hall–Kier alpha value is -0.850. The van der Waals surface area contributed by atoms with E-state index in [0.717, 1.165) is 39.4 Å². The van der Waals surface area contributed by atoms with Crippen LogP contribution in [0.5, 0.6) is 0 Å². The Balaban J connectivity index is 2.07. The van der Waals surface area contributed by atoms with E-state index < -0.39 is 0 Å². The Bertz CT molecular complexity index is 486. The molecular formula is C11H13BrN4S. The molecular weight excluding hydrogens is 300 g/mol. The minimum atomic E-state index is 0.929. The van der Waals surface area contributed by atoms with Crippen molar-refractivity contribution in [3.05, 3.63) is 27.9 Å². The van der Waals surface area contributed by atoms with E-state index in [0.29, 0.717) is 0 Å². The van der Waals surface area contributed by atoms with Crippen molar-refractivity contribution in [1.29, 1.82) is 0 Å². The lowest BCUT2D eigenvalue weighted by Gasteiger charge is -1.95. The van der Waals surface area contributed by atoms with Gasteiger partial charge in [0, 0.05) is 28.9 Å². The van der Waals surface area contributed by atoms with Gasteiger partial charge in [-0.3, -0.25) is 4.98 Å². The lowest BCUT2D eigenvalue weighted by Crippen LogP contribution is -2.08. The molecule has 0 atom stereocenters. The second kappa shape index (κ2) is 6.18. The Kier molecular flexibility index (Phi) is 4.58. The van der Waals surface area contributed by atoms with Crippen molar-refractivity contribution in [3.63, 3.8) is 0 Å². The minimum absolute atomic E-state index is 0.929. The van der Waals surface area contributed by atoms with Gasteiger partial charge in [0.25, 0.3) is 0 Å². The van der Waals surface area contributed by atoms with Gasteiger partial charge in [-0.1, -0.05) is 11.3 Å². The topological polar surface area (TPSA) is 50.7 Å². The van der Waals surface area contributed by atoms with E-state index in [1.54, 1.807) is 17.5 Å². The van der Waals surface area contributed by atoms with Crippen molar-refractivity contribution in [3.8, 4) is 10.6 Å². The maximum atomic E-state index is 4.19. The highest BCUT2D eigenvalue weighted by molar-refractivity contribution is 9.10. The van der Waals surface area contributed by atoms with Gasteiger partial charge >= 0.3 is 0 Å². The Morgan fingerprint density at radius 1 is 1.35 bits per heavy atom. The molecule has 0 unspecified atom stereocenters. The third-order valence-corrected chi connectivity index (χ3v) is 3.70. The highest BCUT2D eigenvalue weighted by atomic mass is 79.9. The minimum Gasteiger partial charge on any atom is -0.320 e. The molecule has 0 saturated heterocycles. The summed E-state index contributed by atoms with van der Waals surface area (Å²) >= 11 is 5.04. The summed E-state index contributed by atoms with van der Waals surface area (Å²) in [5.74, 6) is 0. The van der Waals surface area contributed by atoms with E-state index in [9.17, 15) is 0 Å². The summed E-state index contributed by atoms with van der Waals surface area (Å²) < 4.78 is 0.960. The molecule has 2 heterocycles. The first kappa shape index (κ1) is 12.6. The summed E-state index contributed by atoms with van der Waals surface area (Å²) in [5, 5.41) is 13.5. The second-order valence-corrected chi connectivity index (χ2v) is 5.58. The van der Waals surface area contributed by atoms with Gasteiger partial charge in [0.15, 0.2) is 0 Å². The first-order valence-corrected chi connectivity index (χ1v) is 6.98. The molecule has 17 heavy (non-hydrogen) atoms. The number of hydrogen-bond acceptors (Lipinski definition) is 5. The normalized spacial score (nSPS) is 10.7. The molecule has 0 aliphatic carbocycles. The molecule has 2 rings (SSSR count). The van der Waals surface area contributed by atoms with Crippen LogP contribution in [0, 0.1) is 0 Å². The van der Waals surface area contributed by atoms with Crippen molar-refractivity contribution in [2.45, 2.75) is 12.8 Å². The Labute approximate surface area is 113 Å². The molecule has 2 aromatic rings. The average molecular weight is 313 g/mol. The molecule has 0 fully saturated rings. The van der Waals surface area contributed by atoms with Crippen molar-refractivity contribution in [1.82, 2.24) is 20.5 Å². The van der Waals surface area contributed by atoms with E-state index in [2.05, 4.69) is 36.4 Å². The zero-order valence-electron chi connectivity index (χ0n) is 9.48. The fourth-order valence-electron chi connectivity index (χ4n) is 1.42. The number of halogens is 1. The van der Waals surface area contributed by atoms with Crippen LogP contribution in [0.25, 0.3) is 10.6 Å². The van der Waals surface area contributed by atoms with E-state index in [1.807, 2.05) is 19.3 Å². The Morgan fingerprint density at radius 3 is 3.00 bits per heavy atom. The maximum Gasteiger partial charge on any atom is 0.149 e. The number of hydrogen-bond donors (Lipinski definition) is 1. The van der Waals surface area contributed by atoms with Crippen LogP contribution in [0.2, 0.25) is 0 Å². The maximum absolute atomic E-state index is 4.19. The molecule has 0 spiro atoms. The molecule has 6 heteroatoms. The summed E-state index contributed by atoms with van der Waals surface area (Å²) in [4.78, 5) is 4.13. The summed E-state index contributed by atoms with van der Waals surface area (Å²) in [6.45, 7) is 1.01. The van der Waals surface area contributed by atoms with Gasteiger partial charge in [-0.2, -0.15) is 0 Å². The molecule has 4 nitrogen and oxygen atoms in total. The van der Waals surface area contributed by atoms with Gasteiger partial charge < -0.3 is 5.32 Å². The lowest BCUT2D eigenvalue weighted by atomic mass is 10.3. The first-order chi connectivity index (χ1) is 8.29. The van der Waals surface area contributed by atoms with Crippen LogP contribution in [-0.4, -0.2) is 28.8 Å². The summed E-state index contributed by atoms with van der Waals surface area (Å²) in [5.41, 5.74) is 1.01. The fourth-order valence-corrected chi connectivity index (χ4v) is 2.64. The van der Waals surface area contributed by atoms with Gasteiger partial charge in [0.1, 0.15) is 10.0 Å². The largest absolute Gasteiger partial charge is 0.320 e. The number of nitrogens with zero attached hydrogens (tertiary/aromatic N) is 3. The number of aromatic nitrogens is 3. The standard InChI is InChI=1S/C11H13BrN4S/c1-13-4-2-3-10-15-16-11(17-10)8-5-9(12)7-14-6-8/h5-7,13H,2-4H2,1H3. The lowest BCUT2D eigenvalue weighted by molar-refractivity contribution is 0.718. The number of rotatable bonds is 5. The van der Waals surface area contributed by atoms with Crippen molar-refractivity contribution in [2.24, 2.45) is 0 Å². The van der Waals surface area contributed by atoms with E-state index in [-0.39, 0.29) is 0 Å². The number of pyridine rings is 1.